The summed E-state index contributed by atoms with van der Waals surface area (Å²) in [7, 11) is -1.81. The van der Waals surface area contributed by atoms with Gasteiger partial charge in [0.15, 0.2) is 8.32 Å². The predicted molar refractivity (Wildman–Crippen MR) is 155 cm³/mol. The Kier molecular flexibility index (Phi) is 8.36. The van der Waals surface area contributed by atoms with Crippen LogP contribution in [-0.4, -0.2) is 38.3 Å². The monoisotopic (exact) mass is 531 g/mol. The van der Waals surface area contributed by atoms with Crippen molar-refractivity contribution in [3.8, 4) is 0 Å². The highest BCUT2D eigenvalue weighted by atomic mass is 28.4. The molecule has 4 saturated carbocycles. The van der Waals surface area contributed by atoms with Crippen molar-refractivity contribution in [2.75, 3.05) is 6.54 Å². The lowest BCUT2D eigenvalue weighted by molar-refractivity contribution is -0.202. The smallest absolute Gasteiger partial charge is 0.234 e. The Bertz CT molecular complexity index is 863. The molecule has 0 amide bonds. The van der Waals surface area contributed by atoms with Crippen LogP contribution >= 0.6 is 0 Å². The number of carbonyl (C=O) groups excluding carboxylic acids is 1. The fraction of sp³-hybridized carbons (Fsp3) is 0.969. The quantitative estimate of drug-likeness (QED) is 0.206. The standard InChI is InChI=1S/C32H57NO3Si/c1-10-23-27-19-22(36-37(8,9)30(3,4)5)13-16-32(27,7)26-14-17-31(6)24(21(2)15-18-33-20-34)11-12-25(31)28(26)29(23)35/h21-29,35H,10-19H2,1-9H3/t21-,22?,23-,24-,25+,26+,27+,28+,29-,31-,32-/m1/s1. The Morgan fingerprint density at radius 3 is 2.32 bits per heavy atom. The topological polar surface area (TPSA) is 58.9 Å². The highest BCUT2D eigenvalue weighted by Gasteiger charge is 2.65. The summed E-state index contributed by atoms with van der Waals surface area (Å²) in [6, 6.07) is 0. The first-order chi connectivity index (χ1) is 17.2. The zero-order chi connectivity index (χ0) is 27.4. The Hall–Kier alpha value is -0.483. The molecule has 0 aromatic heterocycles. The first-order valence-electron chi connectivity index (χ1n) is 15.6. The van der Waals surface area contributed by atoms with E-state index in [0.717, 1.165) is 19.3 Å². The first-order valence-corrected chi connectivity index (χ1v) is 18.5. The first kappa shape index (κ1) is 29.5. The number of fused-ring (bicyclic) bond motifs is 5. The Morgan fingerprint density at radius 2 is 1.70 bits per heavy atom. The van der Waals surface area contributed by atoms with Gasteiger partial charge in [0.25, 0.3) is 0 Å². The van der Waals surface area contributed by atoms with E-state index in [-0.39, 0.29) is 11.1 Å². The summed E-state index contributed by atoms with van der Waals surface area (Å²) >= 11 is 0. The molecule has 5 heteroatoms. The second-order valence-electron chi connectivity index (χ2n) is 15.7. The minimum atomic E-state index is -1.81. The number of hydrogen-bond acceptors (Lipinski definition) is 4. The highest BCUT2D eigenvalue weighted by Crippen LogP contribution is 2.69. The number of aliphatic imine (C=N–C) groups is 1. The summed E-state index contributed by atoms with van der Waals surface area (Å²) in [6.07, 6.45) is 12.6. The van der Waals surface area contributed by atoms with E-state index in [1.54, 1.807) is 6.08 Å². The van der Waals surface area contributed by atoms with Crippen LogP contribution in [0, 0.1) is 52.3 Å². The maximum atomic E-state index is 12.1. The number of hydrogen-bond donors (Lipinski definition) is 1. The van der Waals surface area contributed by atoms with Crippen LogP contribution in [0.25, 0.3) is 0 Å². The van der Waals surface area contributed by atoms with Gasteiger partial charge in [0.2, 0.25) is 6.08 Å². The largest absolute Gasteiger partial charge is 0.414 e. The minimum absolute atomic E-state index is 0.182. The van der Waals surface area contributed by atoms with Gasteiger partial charge in [-0.15, -0.1) is 0 Å². The zero-order valence-electron chi connectivity index (χ0n) is 25.5. The van der Waals surface area contributed by atoms with Crippen molar-refractivity contribution < 1.29 is 14.3 Å². The average molecular weight is 532 g/mol. The molecule has 4 aliphatic carbocycles. The van der Waals surface area contributed by atoms with Gasteiger partial charge in [0, 0.05) is 6.10 Å². The van der Waals surface area contributed by atoms with Crippen LogP contribution in [-0.2, 0) is 9.22 Å². The second-order valence-corrected chi connectivity index (χ2v) is 20.5. The third-order valence-corrected chi connectivity index (χ3v) is 17.7. The Morgan fingerprint density at radius 1 is 1.05 bits per heavy atom. The van der Waals surface area contributed by atoms with E-state index in [2.05, 4.69) is 66.6 Å². The minimum Gasteiger partial charge on any atom is -0.414 e. The van der Waals surface area contributed by atoms with Gasteiger partial charge < -0.3 is 9.53 Å². The van der Waals surface area contributed by atoms with Crippen molar-refractivity contribution in [2.24, 2.45) is 57.2 Å². The van der Waals surface area contributed by atoms with Gasteiger partial charge in [-0.2, -0.15) is 0 Å². The summed E-state index contributed by atoms with van der Waals surface area (Å²) in [4.78, 5) is 14.5. The van der Waals surface area contributed by atoms with Crippen LogP contribution in [0.2, 0.25) is 18.1 Å². The SMILES string of the molecule is CC[C@H]1[C@@H](O)[C@@H]2[C@H](CC[C@]3(C)[C@@H]([C@H](C)CCN=C=O)CC[C@@H]23)[C@@]2(C)CCC(O[Si](C)(C)C(C)(C)C)C[C@@H]12. The summed E-state index contributed by atoms with van der Waals surface area (Å²) in [5, 5.41) is 12.4. The molecular weight excluding hydrogens is 474 g/mol. The molecule has 0 spiro atoms. The molecule has 0 radical (unpaired) electrons. The number of isocyanates is 1. The molecule has 4 aliphatic rings. The molecule has 37 heavy (non-hydrogen) atoms. The number of rotatable bonds is 7. The second kappa shape index (κ2) is 10.5. The zero-order valence-corrected chi connectivity index (χ0v) is 26.5. The molecule has 0 aromatic rings. The van der Waals surface area contributed by atoms with E-state index in [1.165, 1.54) is 38.5 Å². The van der Waals surface area contributed by atoms with Crippen LogP contribution in [0.15, 0.2) is 4.99 Å². The molecule has 11 atom stereocenters. The van der Waals surface area contributed by atoms with Crippen LogP contribution in [0.1, 0.15) is 106 Å². The molecule has 0 heterocycles. The van der Waals surface area contributed by atoms with Gasteiger partial charge in [-0.05, 0) is 122 Å². The van der Waals surface area contributed by atoms with Crippen LogP contribution in [0.4, 0.5) is 0 Å². The molecule has 0 aromatic carbocycles. The molecule has 0 saturated heterocycles. The number of aliphatic hydroxyl groups excluding tert-OH is 1. The molecule has 0 bridgehead atoms. The average Bonchev–Trinajstić information content (AvgIpc) is 3.16. The summed E-state index contributed by atoms with van der Waals surface area (Å²) in [5.74, 6) is 3.89. The van der Waals surface area contributed by atoms with Crippen molar-refractivity contribution in [3.63, 3.8) is 0 Å². The van der Waals surface area contributed by atoms with Gasteiger partial charge in [0.1, 0.15) is 0 Å². The van der Waals surface area contributed by atoms with E-state index < -0.39 is 8.32 Å². The van der Waals surface area contributed by atoms with E-state index in [1.807, 2.05) is 0 Å². The molecular formula is C32H57NO3Si. The molecule has 0 aliphatic heterocycles. The molecule has 1 unspecified atom stereocenters. The molecule has 4 nitrogen and oxygen atoms in total. The van der Waals surface area contributed by atoms with Crippen molar-refractivity contribution >= 4 is 14.4 Å². The van der Waals surface area contributed by atoms with Gasteiger partial charge >= 0.3 is 0 Å². The van der Waals surface area contributed by atoms with E-state index >= 15 is 0 Å². The third kappa shape index (κ3) is 4.98. The van der Waals surface area contributed by atoms with Crippen molar-refractivity contribution in [1.29, 1.82) is 0 Å². The van der Waals surface area contributed by atoms with E-state index in [0.29, 0.717) is 64.9 Å². The fourth-order valence-electron chi connectivity index (χ4n) is 10.1. The molecule has 212 valence electrons. The lowest BCUT2D eigenvalue weighted by atomic mass is 9.41. The highest BCUT2D eigenvalue weighted by molar-refractivity contribution is 6.74. The number of nitrogens with zero attached hydrogens (tertiary/aromatic N) is 1. The fourth-order valence-corrected chi connectivity index (χ4v) is 11.5. The van der Waals surface area contributed by atoms with E-state index in [4.69, 9.17) is 4.43 Å². The van der Waals surface area contributed by atoms with Gasteiger partial charge in [-0.3, -0.25) is 0 Å². The Labute approximate surface area is 228 Å². The van der Waals surface area contributed by atoms with Gasteiger partial charge in [-0.1, -0.05) is 54.9 Å². The molecule has 4 rings (SSSR count). The van der Waals surface area contributed by atoms with Crippen LogP contribution in [0.3, 0.4) is 0 Å². The maximum Gasteiger partial charge on any atom is 0.234 e. The van der Waals surface area contributed by atoms with Crippen molar-refractivity contribution in [3.05, 3.63) is 0 Å². The summed E-state index contributed by atoms with van der Waals surface area (Å²) < 4.78 is 6.99. The van der Waals surface area contributed by atoms with Gasteiger partial charge in [0.05, 0.1) is 12.6 Å². The third-order valence-electron chi connectivity index (χ3n) is 13.2. The lowest BCUT2D eigenvalue weighted by Crippen LogP contribution is -2.62. The predicted octanol–water partition coefficient (Wildman–Crippen LogP) is 8.00. The normalized spacial score (nSPS) is 44.8. The van der Waals surface area contributed by atoms with Crippen molar-refractivity contribution in [2.45, 2.75) is 137 Å². The number of aliphatic hydroxyl groups is 1. The maximum absolute atomic E-state index is 12.1. The summed E-state index contributed by atoms with van der Waals surface area (Å²) in [6.45, 7) is 22.3. The van der Waals surface area contributed by atoms with Crippen LogP contribution in [0.5, 0.6) is 0 Å². The van der Waals surface area contributed by atoms with Gasteiger partial charge in [-0.25, -0.2) is 9.79 Å². The van der Waals surface area contributed by atoms with E-state index in [9.17, 15) is 9.90 Å². The molecule has 1 N–H and O–H groups in total. The lowest BCUT2D eigenvalue weighted by Gasteiger charge is -2.65. The Balaban J connectivity index is 1.56. The van der Waals surface area contributed by atoms with Crippen LogP contribution < -0.4 is 0 Å². The summed E-state index contributed by atoms with van der Waals surface area (Å²) in [5.41, 5.74) is 0.623. The molecule has 4 fully saturated rings. The van der Waals surface area contributed by atoms with Crippen molar-refractivity contribution in [1.82, 2.24) is 0 Å².